The summed E-state index contributed by atoms with van der Waals surface area (Å²) in [6, 6.07) is 2.38. The lowest BCUT2D eigenvalue weighted by molar-refractivity contribution is -0.124. The van der Waals surface area contributed by atoms with Crippen LogP contribution in [0.2, 0.25) is 0 Å². The minimum atomic E-state index is -1.04. The van der Waals surface area contributed by atoms with E-state index in [1.54, 1.807) is 6.92 Å². The number of hydrogen-bond donors (Lipinski definition) is 2. The number of amides is 1. The zero-order valence-corrected chi connectivity index (χ0v) is 11.7. The van der Waals surface area contributed by atoms with Crippen LogP contribution in [0.3, 0.4) is 0 Å². The van der Waals surface area contributed by atoms with Gasteiger partial charge in [0.05, 0.1) is 0 Å². The molecule has 1 aromatic rings. The predicted molar refractivity (Wildman–Crippen MR) is 72.3 cm³/mol. The summed E-state index contributed by atoms with van der Waals surface area (Å²) in [5.74, 6) is -2.98. The number of benzene rings is 1. The molecule has 20 heavy (non-hydrogen) atoms. The summed E-state index contributed by atoms with van der Waals surface area (Å²) in [5, 5.41) is 3.05. The largest absolute Gasteiger partial charge is 0.474 e. The smallest absolute Gasteiger partial charge is 0.258 e. The van der Waals surface area contributed by atoms with Crippen molar-refractivity contribution in [2.75, 3.05) is 6.54 Å². The van der Waals surface area contributed by atoms with Crippen LogP contribution in [0.25, 0.3) is 0 Å². The van der Waals surface area contributed by atoms with E-state index in [2.05, 4.69) is 5.32 Å². The number of rotatable bonds is 8. The molecule has 112 valence electrons. The van der Waals surface area contributed by atoms with Crippen molar-refractivity contribution in [2.45, 2.75) is 39.3 Å². The molecule has 3 N–H and O–H groups in total. The van der Waals surface area contributed by atoms with E-state index in [-0.39, 0.29) is 6.42 Å². The van der Waals surface area contributed by atoms with Crippen molar-refractivity contribution in [3.05, 3.63) is 29.3 Å². The quantitative estimate of drug-likeness (QED) is 0.719. The summed E-state index contributed by atoms with van der Waals surface area (Å²) in [4.78, 5) is 11.0. The van der Waals surface area contributed by atoms with E-state index in [1.165, 1.54) is 12.1 Å². The Bertz CT molecular complexity index is 443. The second-order valence-electron chi connectivity index (χ2n) is 4.48. The molecule has 0 spiro atoms. The van der Waals surface area contributed by atoms with Gasteiger partial charge in [-0.15, -0.1) is 0 Å². The van der Waals surface area contributed by atoms with Crippen LogP contribution in [-0.2, 0) is 11.3 Å². The topological polar surface area (TPSA) is 64.3 Å². The highest BCUT2D eigenvalue weighted by molar-refractivity contribution is 5.79. The number of nitrogens with one attached hydrogen (secondary N) is 1. The molecule has 4 nitrogen and oxygen atoms in total. The summed E-state index contributed by atoms with van der Waals surface area (Å²) < 4.78 is 32.7. The molecule has 0 aliphatic carbocycles. The Morgan fingerprint density at radius 1 is 1.35 bits per heavy atom. The minimum absolute atomic E-state index is 0.244. The Labute approximate surface area is 117 Å². The number of carbonyl (C=O) groups is 1. The summed E-state index contributed by atoms with van der Waals surface area (Å²) in [7, 11) is 0. The van der Waals surface area contributed by atoms with Gasteiger partial charge in [-0.3, -0.25) is 4.79 Å². The summed E-state index contributed by atoms with van der Waals surface area (Å²) >= 11 is 0. The van der Waals surface area contributed by atoms with Crippen LogP contribution in [0.4, 0.5) is 8.78 Å². The van der Waals surface area contributed by atoms with Crippen molar-refractivity contribution in [3.63, 3.8) is 0 Å². The van der Waals surface area contributed by atoms with Gasteiger partial charge in [0.2, 0.25) is 0 Å². The van der Waals surface area contributed by atoms with E-state index >= 15 is 0 Å². The van der Waals surface area contributed by atoms with Gasteiger partial charge in [-0.2, -0.15) is 0 Å². The van der Waals surface area contributed by atoms with Gasteiger partial charge in [0.25, 0.3) is 5.91 Å². The fraction of sp³-hybridized carbons (Fsp3) is 0.500. The molecule has 1 unspecified atom stereocenters. The lowest BCUT2D eigenvalue weighted by Crippen LogP contribution is -2.33. The van der Waals surface area contributed by atoms with Gasteiger partial charge >= 0.3 is 0 Å². The second-order valence-corrected chi connectivity index (χ2v) is 4.48. The molecule has 1 atom stereocenters. The monoisotopic (exact) mass is 286 g/mol. The maximum atomic E-state index is 13.8. The third-order valence-electron chi connectivity index (χ3n) is 2.76. The molecule has 1 aromatic carbocycles. The molecule has 6 heteroatoms. The third kappa shape index (κ3) is 4.45. The molecule has 0 fully saturated rings. The first-order chi connectivity index (χ1) is 9.49. The van der Waals surface area contributed by atoms with Gasteiger partial charge < -0.3 is 15.8 Å². The van der Waals surface area contributed by atoms with E-state index in [0.717, 1.165) is 13.0 Å². The molecule has 1 amide bonds. The van der Waals surface area contributed by atoms with Crippen LogP contribution in [0.5, 0.6) is 5.75 Å². The van der Waals surface area contributed by atoms with Crippen LogP contribution < -0.4 is 15.8 Å². The number of ether oxygens (including phenoxy) is 1. The minimum Gasteiger partial charge on any atom is -0.474 e. The van der Waals surface area contributed by atoms with Crippen molar-refractivity contribution in [1.29, 1.82) is 0 Å². The third-order valence-corrected chi connectivity index (χ3v) is 2.76. The van der Waals surface area contributed by atoms with Gasteiger partial charge in [-0.25, -0.2) is 8.78 Å². The van der Waals surface area contributed by atoms with Crippen LogP contribution in [0.1, 0.15) is 32.3 Å². The highest BCUT2D eigenvalue weighted by atomic mass is 19.1. The van der Waals surface area contributed by atoms with Crippen molar-refractivity contribution in [2.24, 2.45) is 5.73 Å². The average molecular weight is 286 g/mol. The molecule has 0 aromatic heterocycles. The van der Waals surface area contributed by atoms with Crippen LogP contribution in [0, 0.1) is 11.6 Å². The molecule has 0 aliphatic heterocycles. The van der Waals surface area contributed by atoms with E-state index in [1.807, 2.05) is 6.92 Å². The Morgan fingerprint density at radius 2 is 1.95 bits per heavy atom. The van der Waals surface area contributed by atoms with Crippen LogP contribution >= 0.6 is 0 Å². The zero-order valence-electron chi connectivity index (χ0n) is 11.7. The summed E-state index contributed by atoms with van der Waals surface area (Å²) in [5.41, 5.74) is 5.57. The van der Waals surface area contributed by atoms with Crippen molar-refractivity contribution in [3.8, 4) is 5.75 Å². The first kappa shape index (κ1) is 16.4. The Hall–Kier alpha value is -1.69. The lowest BCUT2D eigenvalue weighted by atomic mass is 10.2. The van der Waals surface area contributed by atoms with Crippen molar-refractivity contribution < 1.29 is 18.3 Å². The molecule has 0 saturated carbocycles. The van der Waals surface area contributed by atoms with Gasteiger partial charge in [-0.1, -0.05) is 13.8 Å². The van der Waals surface area contributed by atoms with E-state index in [4.69, 9.17) is 10.5 Å². The fourth-order valence-electron chi connectivity index (χ4n) is 1.72. The normalized spacial score (nSPS) is 12.2. The van der Waals surface area contributed by atoms with E-state index < -0.39 is 29.4 Å². The lowest BCUT2D eigenvalue weighted by Gasteiger charge is -2.16. The number of hydrogen-bond acceptors (Lipinski definition) is 3. The first-order valence-electron chi connectivity index (χ1n) is 6.64. The number of primary amides is 1. The first-order valence-corrected chi connectivity index (χ1v) is 6.64. The van der Waals surface area contributed by atoms with Gasteiger partial charge in [0.1, 0.15) is 0 Å². The van der Waals surface area contributed by atoms with E-state index in [0.29, 0.717) is 12.1 Å². The highest BCUT2D eigenvalue weighted by Gasteiger charge is 2.20. The average Bonchev–Trinajstić information content (AvgIpc) is 2.38. The molecule has 0 radical (unpaired) electrons. The van der Waals surface area contributed by atoms with Crippen LogP contribution in [0.15, 0.2) is 12.1 Å². The number of nitrogens with two attached hydrogens (primary N) is 1. The standard InChI is InChI=1S/C14H20F2N2O2/c1-3-5-18-8-9-6-10(15)13(11(16)7-9)20-12(4-2)14(17)19/h6-7,12,18H,3-5,8H2,1-2H3,(H2,17,19). The maximum Gasteiger partial charge on any atom is 0.258 e. The van der Waals surface area contributed by atoms with Gasteiger partial charge in [-0.05, 0) is 37.1 Å². The van der Waals surface area contributed by atoms with Crippen molar-refractivity contribution >= 4 is 5.91 Å². The predicted octanol–water partition coefficient (Wildman–Crippen LogP) is 2.11. The van der Waals surface area contributed by atoms with Gasteiger partial charge in [0.15, 0.2) is 23.5 Å². The summed E-state index contributed by atoms with van der Waals surface area (Å²) in [6.45, 7) is 4.78. The summed E-state index contributed by atoms with van der Waals surface area (Å²) in [6.07, 6.45) is 0.139. The molecule has 0 bridgehead atoms. The molecule has 0 aliphatic rings. The van der Waals surface area contributed by atoms with Gasteiger partial charge in [0, 0.05) is 6.54 Å². The maximum absolute atomic E-state index is 13.8. The van der Waals surface area contributed by atoms with Crippen molar-refractivity contribution in [1.82, 2.24) is 5.32 Å². The second kappa shape index (κ2) is 7.79. The molecule has 0 heterocycles. The Balaban J connectivity index is 2.85. The molecular formula is C14H20F2N2O2. The SMILES string of the molecule is CCCNCc1cc(F)c(OC(CC)C(N)=O)c(F)c1. The Kier molecular flexibility index (Phi) is 6.38. The molecule has 0 saturated heterocycles. The Morgan fingerprint density at radius 3 is 2.40 bits per heavy atom. The van der Waals surface area contributed by atoms with Crippen LogP contribution in [-0.4, -0.2) is 18.6 Å². The zero-order chi connectivity index (χ0) is 15.1. The number of halogens is 2. The number of carbonyl (C=O) groups excluding carboxylic acids is 1. The van der Waals surface area contributed by atoms with E-state index in [9.17, 15) is 13.6 Å². The molecular weight excluding hydrogens is 266 g/mol. The highest BCUT2D eigenvalue weighted by Crippen LogP contribution is 2.25. The fourth-order valence-corrected chi connectivity index (χ4v) is 1.72. The molecule has 1 rings (SSSR count).